The molecule has 2 rings (SSSR count). The topological polar surface area (TPSA) is 58.1 Å². The van der Waals surface area contributed by atoms with Crippen LogP contribution in [0, 0.1) is 0 Å². The predicted octanol–water partition coefficient (Wildman–Crippen LogP) is 2.36. The third-order valence-corrected chi connectivity index (χ3v) is 3.88. The molecule has 2 aromatic rings. The molecule has 1 N–H and O–H groups in total. The Labute approximate surface area is 116 Å². The van der Waals surface area contributed by atoms with E-state index in [2.05, 4.69) is 15.3 Å². The van der Waals surface area contributed by atoms with Crippen LogP contribution in [-0.2, 0) is 4.79 Å². The quantitative estimate of drug-likeness (QED) is 0.912. The van der Waals surface area contributed by atoms with Gasteiger partial charge in [0.05, 0.1) is 5.39 Å². The molecule has 0 saturated heterocycles. The number of carbonyl (C=O) groups excluding carboxylic acids is 1. The molecule has 0 aliphatic carbocycles. The van der Waals surface area contributed by atoms with Crippen LogP contribution in [0.15, 0.2) is 17.8 Å². The van der Waals surface area contributed by atoms with Gasteiger partial charge in [0.25, 0.3) is 0 Å². The molecule has 0 aliphatic rings. The van der Waals surface area contributed by atoms with Crippen LogP contribution in [-0.4, -0.2) is 39.9 Å². The maximum Gasteiger partial charge on any atom is 0.244 e. The van der Waals surface area contributed by atoms with Gasteiger partial charge in [-0.15, -0.1) is 11.3 Å². The molecule has 0 spiro atoms. The fourth-order valence-corrected chi connectivity index (χ4v) is 2.71. The first-order valence-electron chi connectivity index (χ1n) is 6.40. The molecule has 19 heavy (non-hydrogen) atoms. The molecule has 5 nitrogen and oxygen atoms in total. The first kappa shape index (κ1) is 13.7. The summed E-state index contributed by atoms with van der Waals surface area (Å²) in [5.41, 5.74) is 0. The molecule has 2 aromatic heterocycles. The second-order valence-electron chi connectivity index (χ2n) is 4.24. The van der Waals surface area contributed by atoms with Crippen molar-refractivity contribution in [3.8, 4) is 0 Å². The molecule has 0 fully saturated rings. The maximum absolute atomic E-state index is 12.2. The van der Waals surface area contributed by atoms with Crippen LogP contribution >= 0.6 is 11.3 Å². The molecular formula is C13H18N4OS. The summed E-state index contributed by atoms with van der Waals surface area (Å²) in [6.07, 6.45) is 1.52. The van der Waals surface area contributed by atoms with Crippen molar-refractivity contribution in [1.82, 2.24) is 14.9 Å². The van der Waals surface area contributed by atoms with Gasteiger partial charge in [-0.2, -0.15) is 0 Å². The molecule has 2 heterocycles. The Balaban J connectivity index is 2.16. The van der Waals surface area contributed by atoms with E-state index in [1.54, 1.807) is 11.3 Å². The third kappa shape index (κ3) is 2.84. The summed E-state index contributed by atoms with van der Waals surface area (Å²) in [7, 11) is 0. The van der Waals surface area contributed by atoms with Crippen LogP contribution in [0.1, 0.15) is 20.8 Å². The lowest BCUT2D eigenvalue weighted by atomic mass is 10.2. The van der Waals surface area contributed by atoms with E-state index in [9.17, 15) is 4.79 Å². The molecule has 6 heteroatoms. The Morgan fingerprint density at radius 3 is 2.84 bits per heavy atom. The highest BCUT2D eigenvalue weighted by molar-refractivity contribution is 7.16. The van der Waals surface area contributed by atoms with Gasteiger partial charge in [-0.1, -0.05) is 0 Å². The number of aromatic nitrogens is 2. The minimum Gasteiger partial charge on any atom is -0.358 e. The van der Waals surface area contributed by atoms with Crippen LogP contribution in [0.3, 0.4) is 0 Å². The van der Waals surface area contributed by atoms with E-state index in [-0.39, 0.29) is 11.9 Å². The van der Waals surface area contributed by atoms with Crippen LogP contribution in [0.4, 0.5) is 5.82 Å². The van der Waals surface area contributed by atoms with Crippen molar-refractivity contribution in [1.29, 1.82) is 0 Å². The lowest BCUT2D eigenvalue weighted by Gasteiger charge is -2.23. The van der Waals surface area contributed by atoms with Crippen LogP contribution in [0.2, 0.25) is 0 Å². The van der Waals surface area contributed by atoms with Gasteiger partial charge in [0, 0.05) is 13.1 Å². The summed E-state index contributed by atoms with van der Waals surface area (Å²) in [4.78, 5) is 23.4. The van der Waals surface area contributed by atoms with Crippen molar-refractivity contribution in [2.75, 3.05) is 18.4 Å². The molecule has 0 bridgehead atoms. The average molecular weight is 278 g/mol. The minimum atomic E-state index is -0.294. The standard InChI is InChI=1S/C13H18N4OS/c1-4-17(5-2)13(18)9(3)16-11-10-6-7-19-12(10)15-8-14-11/h6-9H,4-5H2,1-3H3,(H,14,15,16). The number of carbonyl (C=O) groups is 1. The Morgan fingerprint density at radius 2 is 2.16 bits per heavy atom. The van der Waals surface area contributed by atoms with Crippen molar-refractivity contribution in [2.45, 2.75) is 26.8 Å². The number of anilines is 1. The van der Waals surface area contributed by atoms with Crippen molar-refractivity contribution < 1.29 is 4.79 Å². The minimum absolute atomic E-state index is 0.0898. The smallest absolute Gasteiger partial charge is 0.244 e. The summed E-state index contributed by atoms with van der Waals surface area (Å²) >= 11 is 1.57. The number of thiophene rings is 1. The van der Waals surface area contributed by atoms with Gasteiger partial charge < -0.3 is 10.2 Å². The second-order valence-corrected chi connectivity index (χ2v) is 5.13. The fourth-order valence-electron chi connectivity index (χ4n) is 1.98. The van der Waals surface area contributed by atoms with E-state index >= 15 is 0 Å². The molecule has 0 aromatic carbocycles. The molecule has 1 amide bonds. The van der Waals surface area contributed by atoms with Crippen molar-refractivity contribution in [2.24, 2.45) is 0 Å². The Morgan fingerprint density at radius 1 is 1.42 bits per heavy atom. The van der Waals surface area contributed by atoms with Crippen LogP contribution < -0.4 is 5.32 Å². The summed E-state index contributed by atoms with van der Waals surface area (Å²) in [6, 6.07) is 1.68. The summed E-state index contributed by atoms with van der Waals surface area (Å²) < 4.78 is 0. The zero-order valence-corrected chi connectivity index (χ0v) is 12.2. The first-order chi connectivity index (χ1) is 9.17. The molecule has 0 radical (unpaired) electrons. The number of likely N-dealkylation sites (N-methyl/N-ethyl adjacent to an activating group) is 1. The zero-order valence-electron chi connectivity index (χ0n) is 11.4. The normalized spacial score (nSPS) is 12.4. The largest absolute Gasteiger partial charge is 0.358 e. The van der Waals surface area contributed by atoms with Gasteiger partial charge in [-0.05, 0) is 32.2 Å². The number of nitrogens with one attached hydrogen (secondary N) is 1. The van der Waals surface area contributed by atoms with Gasteiger partial charge in [0.15, 0.2) is 0 Å². The van der Waals surface area contributed by atoms with Gasteiger partial charge in [0.2, 0.25) is 5.91 Å². The summed E-state index contributed by atoms with van der Waals surface area (Å²) in [5.74, 6) is 0.811. The SMILES string of the molecule is CCN(CC)C(=O)C(C)Nc1ncnc2sccc12. The van der Waals surface area contributed by atoms with E-state index in [0.717, 1.165) is 29.1 Å². The van der Waals surface area contributed by atoms with E-state index < -0.39 is 0 Å². The maximum atomic E-state index is 12.2. The number of rotatable bonds is 5. The summed E-state index contributed by atoms with van der Waals surface area (Å²) in [6.45, 7) is 7.27. The van der Waals surface area contributed by atoms with Crippen molar-refractivity contribution in [3.05, 3.63) is 17.8 Å². The number of nitrogens with zero attached hydrogens (tertiary/aromatic N) is 3. The van der Waals surface area contributed by atoms with E-state index in [1.807, 2.05) is 37.1 Å². The molecule has 1 unspecified atom stereocenters. The molecular weight excluding hydrogens is 260 g/mol. The zero-order chi connectivity index (χ0) is 13.8. The predicted molar refractivity (Wildman–Crippen MR) is 78.4 cm³/mol. The fraction of sp³-hybridized carbons (Fsp3) is 0.462. The van der Waals surface area contributed by atoms with E-state index in [4.69, 9.17) is 0 Å². The van der Waals surface area contributed by atoms with Gasteiger partial charge >= 0.3 is 0 Å². The Kier molecular flexibility index (Phi) is 4.31. The average Bonchev–Trinajstić information content (AvgIpc) is 2.89. The second kappa shape index (κ2) is 5.97. The molecule has 0 saturated carbocycles. The van der Waals surface area contributed by atoms with Crippen molar-refractivity contribution in [3.63, 3.8) is 0 Å². The van der Waals surface area contributed by atoms with E-state index in [1.165, 1.54) is 6.33 Å². The number of fused-ring (bicyclic) bond motifs is 1. The van der Waals surface area contributed by atoms with E-state index in [0.29, 0.717) is 0 Å². The highest BCUT2D eigenvalue weighted by atomic mass is 32.1. The lowest BCUT2D eigenvalue weighted by Crippen LogP contribution is -2.41. The monoisotopic (exact) mass is 278 g/mol. The van der Waals surface area contributed by atoms with Gasteiger partial charge in [-0.25, -0.2) is 9.97 Å². The highest BCUT2D eigenvalue weighted by Gasteiger charge is 2.19. The van der Waals surface area contributed by atoms with Crippen molar-refractivity contribution >= 4 is 33.3 Å². The third-order valence-electron chi connectivity index (χ3n) is 3.06. The van der Waals surface area contributed by atoms with Crippen LogP contribution in [0.25, 0.3) is 10.2 Å². The Hall–Kier alpha value is -1.69. The van der Waals surface area contributed by atoms with Gasteiger partial charge in [-0.3, -0.25) is 4.79 Å². The summed E-state index contributed by atoms with van der Waals surface area (Å²) in [5, 5.41) is 6.12. The van der Waals surface area contributed by atoms with Gasteiger partial charge in [0.1, 0.15) is 23.0 Å². The number of hydrogen-bond donors (Lipinski definition) is 1. The number of hydrogen-bond acceptors (Lipinski definition) is 5. The molecule has 1 atom stereocenters. The number of amides is 1. The first-order valence-corrected chi connectivity index (χ1v) is 7.28. The molecule has 102 valence electrons. The lowest BCUT2D eigenvalue weighted by molar-refractivity contribution is -0.131. The van der Waals surface area contributed by atoms with Crippen LogP contribution in [0.5, 0.6) is 0 Å². The Bertz CT molecular complexity index is 565. The molecule has 0 aliphatic heterocycles. The highest BCUT2D eigenvalue weighted by Crippen LogP contribution is 2.24.